The SMILES string of the molecule is CCCCCCCC(C)P(=O)(O)NCCCOCCOCCOCCOCC(O)COP(=O)(O)C(CC)CCCCCCC. The largest absolute Gasteiger partial charge is 0.388 e. The highest BCUT2D eigenvalue weighted by molar-refractivity contribution is 7.56. The molecule has 5 atom stereocenters. The highest BCUT2D eigenvalue weighted by Gasteiger charge is 2.31. The van der Waals surface area contributed by atoms with Crippen LogP contribution in [-0.4, -0.2) is 98.3 Å². The van der Waals surface area contributed by atoms with E-state index in [-0.39, 0.29) is 25.5 Å². The molecule has 0 heterocycles. The molecule has 0 aromatic carbocycles. The van der Waals surface area contributed by atoms with E-state index in [1.807, 2.05) is 13.8 Å². The van der Waals surface area contributed by atoms with Crippen LogP contribution in [0.1, 0.15) is 118 Å². The Bertz CT molecular complexity index is 734. The zero-order chi connectivity index (χ0) is 32.9. The van der Waals surface area contributed by atoms with Gasteiger partial charge in [0.05, 0.1) is 58.5 Å². The summed E-state index contributed by atoms with van der Waals surface area (Å²) in [6.45, 7) is 11.0. The lowest BCUT2D eigenvalue weighted by atomic mass is 10.1. The van der Waals surface area contributed by atoms with E-state index in [9.17, 15) is 24.0 Å². The molecule has 0 amide bonds. The summed E-state index contributed by atoms with van der Waals surface area (Å²) in [6.07, 6.45) is 12.8. The molecule has 0 bridgehead atoms. The van der Waals surface area contributed by atoms with Gasteiger partial charge in [0.1, 0.15) is 6.10 Å². The van der Waals surface area contributed by atoms with Gasteiger partial charge in [0.25, 0.3) is 7.52 Å². The summed E-state index contributed by atoms with van der Waals surface area (Å²) in [5, 5.41) is 12.9. The van der Waals surface area contributed by atoms with Crippen molar-refractivity contribution in [3.05, 3.63) is 0 Å². The molecule has 0 aromatic rings. The third kappa shape index (κ3) is 25.2. The van der Waals surface area contributed by atoms with Gasteiger partial charge in [0.15, 0.2) is 0 Å². The molecule has 266 valence electrons. The number of hydrogen-bond acceptors (Lipinski definition) is 8. The molecule has 44 heavy (non-hydrogen) atoms. The van der Waals surface area contributed by atoms with Crippen LogP contribution in [0.4, 0.5) is 0 Å². The number of nitrogens with one attached hydrogen (secondary N) is 1. The Hall–Kier alpha value is 0.1000. The minimum Gasteiger partial charge on any atom is -0.388 e. The Kier molecular flexibility index (Phi) is 29.3. The molecule has 0 aliphatic carbocycles. The van der Waals surface area contributed by atoms with Gasteiger partial charge in [-0.1, -0.05) is 91.9 Å². The van der Waals surface area contributed by atoms with Crippen LogP contribution in [0.25, 0.3) is 0 Å². The lowest BCUT2D eigenvalue weighted by molar-refractivity contribution is -0.0252. The average molecular weight is 676 g/mol. The second-order valence-electron chi connectivity index (χ2n) is 11.6. The highest BCUT2D eigenvalue weighted by Crippen LogP contribution is 2.51. The second-order valence-corrected chi connectivity index (χ2v) is 16.2. The van der Waals surface area contributed by atoms with Crippen LogP contribution in [0.15, 0.2) is 0 Å². The summed E-state index contributed by atoms with van der Waals surface area (Å²) in [6, 6.07) is 0. The molecule has 5 unspecified atom stereocenters. The van der Waals surface area contributed by atoms with E-state index in [1.165, 1.54) is 25.7 Å². The van der Waals surface area contributed by atoms with E-state index < -0.39 is 26.9 Å². The zero-order valence-corrected chi connectivity index (χ0v) is 30.1. The van der Waals surface area contributed by atoms with Gasteiger partial charge in [-0.25, -0.2) is 5.09 Å². The van der Waals surface area contributed by atoms with E-state index in [1.54, 1.807) is 0 Å². The third-order valence-corrected chi connectivity index (χ3v) is 11.8. The number of rotatable bonds is 34. The number of ether oxygens (including phenoxy) is 4. The van der Waals surface area contributed by atoms with E-state index in [2.05, 4.69) is 18.9 Å². The standard InChI is InChI=1S/C31H67NO10P2/c1-5-8-10-12-14-17-29(4)43(34,35)32-19-16-20-38-21-22-39-23-24-40-25-26-41-27-30(33)28-42-44(36,37)31(7-3)18-15-13-11-9-6-2/h29-31,33H,5-28H2,1-4H3,(H,36,37)(H2,32,34,35). The number of hydrogen-bond donors (Lipinski definition) is 4. The van der Waals surface area contributed by atoms with Crippen molar-refractivity contribution in [3.63, 3.8) is 0 Å². The molecular weight excluding hydrogens is 608 g/mol. The van der Waals surface area contributed by atoms with E-state index in [0.29, 0.717) is 65.4 Å². The van der Waals surface area contributed by atoms with Crippen molar-refractivity contribution >= 4 is 15.1 Å². The highest BCUT2D eigenvalue weighted by atomic mass is 31.2. The molecule has 0 radical (unpaired) electrons. The van der Waals surface area contributed by atoms with Crippen LogP contribution in [-0.2, 0) is 32.6 Å². The van der Waals surface area contributed by atoms with Gasteiger partial charge in [0, 0.05) is 18.8 Å². The summed E-state index contributed by atoms with van der Waals surface area (Å²) in [4.78, 5) is 20.6. The van der Waals surface area contributed by atoms with Crippen LogP contribution < -0.4 is 5.09 Å². The first-order chi connectivity index (χ1) is 21.1. The van der Waals surface area contributed by atoms with Gasteiger partial charge in [0.2, 0.25) is 0 Å². The Labute approximate surface area is 268 Å². The van der Waals surface area contributed by atoms with Gasteiger partial charge in [-0.05, 0) is 25.7 Å². The monoisotopic (exact) mass is 675 g/mol. The van der Waals surface area contributed by atoms with Gasteiger partial charge in [-0.3, -0.25) is 9.13 Å². The first-order valence-electron chi connectivity index (χ1n) is 17.1. The first-order valence-corrected chi connectivity index (χ1v) is 20.5. The maximum Gasteiger partial charge on any atom is 0.331 e. The summed E-state index contributed by atoms with van der Waals surface area (Å²) in [7, 11) is -7.13. The van der Waals surface area contributed by atoms with Crippen molar-refractivity contribution in [2.24, 2.45) is 0 Å². The van der Waals surface area contributed by atoms with Gasteiger partial charge >= 0.3 is 7.60 Å². The average Bonchev–Trinajstić information content (AvgIpc) is 2.99. The fourth-order valence-corrected chi connectivity index (χ4v) is 7.48. The third-order valence-electron chi connectivity index (χ3n) is 7.58. The minimum absolute atomic E-state index is 0.00542. The number of aliphatic hydroxyl groups is 1. The maximum atomic E-state index is 12.6. The normalized spacial score (nSPS) is 16.8. The Morgan fingerprint density at radius 2 is 1.14 bits per heavy atom. The number of unbranched alkanes of at least 4 members (excludes halogenated alkanes) is 8. The van der Waals surface area contributed by atoms with Crippen LogP contribution in [0, 0.1) is 0 Å². The van der Waals surface area contributed by atoms with Crippen molar-refractivity contribution in [2.45, 2.75) is 135 Å². The molecule has 0 aliphatic rings. The van der Waals surface area contributed by atoms with Crippen molar-refractivity contribution in [1.29, 1.82) is 0 Å². The predicted octanol–water partition coefficient (Wildman–Crippen LogP) is 6.67. The smallest absolute Gasteiger partial charge is 0.331 e. The van der Waals surface area contributed by atoms with E-state index in [4.69, 9.17) is 23.5 Å². The van der Waals surface area contributed by atoms with Crippen molar-refractivity contribution in [3.8, 4) is 0 Å². The molecule has 0 spiro atoms. The molecule has 0 aromatic heterocycles. The molecule has 0 fully saturated rings. The fourth-order valence-electron chi connectivity index (χ4n) is 4.59. The lowest BCUT2D eigenvalue weighted by Crippen LogP contribution is -2.24. The van der Waals surface area contributed by atoms with Gasteiger partial charge < -0.3 is 38.4 Å². The second kappa shape index (κ2) is 29.3. The van der Waals surface area contributed by atoms with Crippen molar-refractivity contribution < 1.29 is 47.5 Å². The maximum absolute atomic E-state index is 12.6. The zero-order valence-electron chi connectivity index (χ0n) is 28.3. The molecule has 0 saturated heterocycles. The lowest BCUT2D eigenvalue weighted by Gasteiger charge is -2.22. The Balaban J connectivity index is 3.65. The summed E-state index contributed by atoms with van der Waals surface area (Å²) >= 11 is 0. The quantitative estimate of drug-likeness (QED) is 0.0427. The van der Waals surface area contributed by atoms with E-state index in [0.717, 1.165) is 44.9 Å². The number of aliphatic hydroxyl groups excluding tert-OH is 1. The van der Waals surface area contributed by atoms with Crippen LogP contribution >= 0.6 is 15.1 Å². The molecule has 13 heteroatoms. The molecular formula is C31H67NO10P2. The summed E-state index contributed by atoms with van der Waals surface area (Å²) in [5.74, 6) is 0. The molecule has 0 rings (SSSR count). The summed E-state index contributed by atoms with van der Waals surface area (Å²) in [5.41, 5.74) is -0.640. The predicted molar refractivity (Wildman–Crippen MR) is 178 cm³/mol. The van der Waals surface area contributed by atoms with Gasteiger partial charge in [-0.2, -0.15) is 0 Å². The Morgan fingerprint density at radius 3 is 1.68 bits per heavy atom. The summed E-state index contributed by atoms with van der Waals surface area (Å²) < 4.78 is 52.1. The molecule has 0 saturated carbocycles. The van der Waals surface area contributed by atoms with Crippen LogP contribution in [0.2, 0.25) is 0 Å². The first kappa shape index (κ1) is 44.1. The molecule has 4 N–H and O–H groups in total. The van der Waals surface area contributed by atoms with Gasteiger partial charge in [-0.15, -0.1) is 0 Å². The topological polar surface area (TPSA) is 153 Å². The molecule has 11 nitrogen and oxygen atoms in total. The Morgan fingerprint density at radius 1 is 0.636 bits per heavy atom. The minimum atomic E-state index is -3.79. The fraction of sp³-hybridized carbons (Fsp3) is 1.00. The van der Waals surface area contributed by atoms with Crippen molar-refractivity contribution in [2.75, 3.05) is 66.0 Å². The van der Waals surface area contributed by atoms with E-state index >= 15 is 0 Å². The van der Waals surface area contributed by atoms with Crippen molar-refractivity contribution in [1.82, 2.24) is 5.09 Å². The molecule has 0 aliphatic heterocycles. The van der Waals surface area contributed by atoms with Crippen LogP contribution in [0.5, 0.6) is 0 Å². The van der Waals surface area contributed by atoms with Crippen LogP contribution in [0.3, 0.4) is 0 Å².